The zero-order valence-electron chi connectivity index (χ0n) is 11.4. The highest BCUT2D eigenvalue weighted by atomic mass is 32.2. The van der Waals surface area contributed by atoms with Gasteiger partial charge in [-0.25, -0.2) is 13.1 Å². The summed E-state index contributed by atoms with van der Waals surface area (Å²) in [4.78, 5) is 0. The molecular weight excluding hydrogens is 294 g/mol. The van der Waals surface area contributed by atoms with Crippen LogP contribution in [0.2, 0.25) is 0 Å². The number of hydrogen-bond donors (Lipinski definition) is 1. The van der Waals surface area contributed by atoms with E-state index in [2.05, 4.69) is 9.82 Å². The zero-order valence-corrected chi connectivity index (χ0v) is 13.1. The standard InChI is InChI=1S/C13H19N3O2S2/c1-2-3-10-20(17,18)14-6-8-16-7-4-13(15-16)12-5-9-19-11-12/h4-5,7,9,11,14H,2-3,6,8,10H2,1H3. The van der Waals surface area contributed by atoms with Crippen LogP contribution in [0, 0.1) is 0 Å². The van der Waals surface area contributed by atoms with E-state index in [0.717, 1.165) is 17.7 Å². The fourth-order valence-corrected chi connectivity index (χ4v) is 3.64. The van der Waals surface area contributed by atoms with Crippen molar-refractivity contribution in [3.8, 4) is 11.3 Å². The Bertz CT molecular complexity index is 618. The SMILES string of the molecule is CCCCS(=O)(=O)NCCn1ccc(-c2ccsc2)n1. The topological polar surface area (TPSA) is 64.0 Å². The molecule has 0 amide bonds. The van der Waals surface area contributed by atoms with E-state index in [1.54, 1.807) is 16.0 Å². The lowest BCUT2D eigenvalue weighted by Crippen LogP contribution is -2.29. The monoisotopic (exact) mass is 313 g/mol. The molecule has 0 aliphatic rings. The summed E-state index contributed by atoms with van der Waals surface area (Å²) in [6.07, 6.45) is 3.44. The molecule has 0 fully saturated rings. The van der Waals surface area contributed by atoms with Crippen molar-refractivity contribution in [2.75, 3.05) is 12.3 Å². The first-order valence-electron chi connectivity index (χ1n) is 6.64. The fourth-order valence-electron chi connectivity index (χ4n) is 1.77. The molecule has 7 heteroatoms. The molecule has 0 spiro atoms. The molecule has 2 aromatic heterocycles. The maximum Gasteiger partial charge on any atom is 0.211 e. The maximum absolute atomic E-state index is 11.6. The van der Waals surface area contributed by atoms with Crippen molar-refractivity contribution in [2.45, 2.75) is 26.3 Å². The summed E-state index contributed by atoms with van der Waals surface area (Å²) in [5.41, 5.74) is 2.01. The summed E-state index contributed by atoms with van der Waals surface area (Å²) in [5, 5.41) is 8.47. The van der Waals surface area contributed by atoms with E-state index >= 15 is 0 Å². The lowest BCUT2D eigenvalue weighted by molar-refractivity contribution is 0.559. The Morgan fingerprint density at radius 2 is 2.25 bits per heavy atom. The number of sulfonamides is 1. The van der Waals surface area contributed by atoms with Crippen molar-refractivity contribution in [2.24, 2.45) is 0 Å². The minimum absolute atomic E-state index is 0.197. The lowest BCUT2D eigenvalue weighted by Gasteiger charge is -2.06. The highest BCUT2D eigenvalue weighted by Crippen LogP contribution is 2.19. The summed E-state index contributed by atoms with van der Waals surface area (Å²) in [5.74, 6) is 0.197. The molecule has 1 N–H and O–H groups in total. The molecule has 0 aliphatic carbocycles. The van der Waals surface area contributed by atoms with Crippen molar-refractivity contribution < 1.29 is 8.42 Å². The van der Waals surface area contributed by atoms with Gasteiger partial charge in [0, 0.05) is 23.7 Å². The summed E-state index contributed by atoms with van der Waals surface area (Å²) in [6.45, 7) is 2.89. The summed E-state index contributed by atoms with van der Waals surface area (Å²) >= 11 is 1.63. The van der Waals surface area contributed by atoms with Gasteiger partial charge in [-0.3, -0.25) is 4.68 Å². The molecule has 0 atom stereocenters. The Labute approximate surface area is 123 Å². The van der Waals surface area contributed by atoms with Crippen molar-refractivity contribution >= 4 is 21.4 Å². The molecule has 0 aliphatic heterocycles. The number of nitrogens with one attached hydrogen (secondary N) is 1. The van der Waals surface area contributed by atoms with Gasteiger partial charge in [0.1, 0.15) is 0 Å². The summed E-state index contributed by atoms with van der Waals surface area (Å²) < 4.78 is 27.6. The molecule has 0 unspecified atom stereocenters. The first kappa shape index (κ1) is 15.2. The van der Waals surface area contributed by atoms with Crippen molar-refractivity contribution in [1.82, 2.24) is 14.5 Å². The van der Waals surface area contributed by atoms with E-state index in [4.69, 9.17) is 0 Å². The number of aromatic nitrogens is 2. The van der Waals surface area contributed by atoms with Gasteiger partial charge in [0.25, 0.3) is 0 Å². The fraction of sp³-hybridized carbons (Fsp3) is 0.462. The molecule has 0 saturated heterocycles. The lowest BCUT2D eigenvalue weighted by atomic mass is 10.2. The third kappa shape index (κ3) is 4.43. The molecule has 2 aromatic rings. The van der Waals surface area contributed by atoms with Gasteiger partial charge in [-0.2, -0.15) is 16.4 Å². The second kappa shape index (κ2) is 7.01. The van der Waals surface area contributed by atoms with Crippen LogP contribution in [-0.2, 0) is 16.6 Å². The maximum atomic E-state index is 11.6. The second-order valence-corrected chi connectivity index (χ2v) is 7.25. The average molecular weight is 313 g/mol. The predicted octanol–water partition coefficient (Wildman–Crippen LogP) is 2.33. The van der Waals surface area contributed by atoms with Gasteiger partial charge >= 0.3 is 0 Å². The highest BCUT2D eigenvalue weighted by Gasteiger charge is 2.08. The molecule has 0 saturated carbocycles. The Hall–Kier alpha value is -1.18. The molecule has 5 nitrogen and oxygen atoms in total. The molecule has 0 bridgehead atoms. The Morgan fingerprint density at radius 3 is 2.95 bits per heavy atom. The van der Waals surface area contributed by atoms with Gasteiger partial charge in [0.2, 0.25) is 10.0 Å². The number of nitrogens with zero attached hydrogens (tertiary/aromatic N) is 2. The first-order chi connectivity index (χ1) is 9.61. The van der Waals surface area contributed by atoms with Crippen LogP contribution in [-0.4, -0.2) is 30.5 Å². The first-order valence-corrected chi connectivity index (χ1v) is 9.23. The third-order valence-electron chi connectivity index (χ3n) is 2.89. The van der Waals surface area contributed by atoms with Crippen molar-refractivity contribution in [1.29, 1.82) is 0 Å². The second-order valence-electron chi connectivity index (χ2n) is 4.54. The number of hydrogen-bond acceptors (Lipinski definition) is 4. The predicted molar refractivity (Wildman–Crippen MR) is 82.2 cm³/mol. The van der Waals surface area contributed by atoms with Crippen LogP contribution in [0.25, 0.3) is 11.3 Å². The van der Waals surface area contributed by atoms with E-state index in [1.165, 1.54) is 0 Å². The van der Waals surface area contributed by atoms with Crippen LogP contribution in [0.15, 0.2) is 29.1 Å². The van der Waals surface area contributed by atoms with Crippen LogP contribution < -0.4 is 4.72 Å². The molecule has 2 rings (SSSR count). The molecule has 0 aromatic carbocycles. The minimum atomic E-state index is -3.14. The minimum Gasteiger partial charge on any atom is -0.271 e. The number of thiophene rings is 1. The van der Waals surface area contributed by atoms with E-state index in [0.29, 0.717) is 19.5 Å². The Morgan fingerprint density at radius 1 is 1.40 bits per heavy atom. The summed E-state index contributed by atoms with van der Waals surface area (Å²) in [7, 11) is -3.14. The van der Waals surface area contributed by atoms with Crippen LogP contribution in [0.3, 0.4) is 0 Å². The van der Waals surface area contributed by atoms with Crippen LogP contribution in [0.1, 0.15) is 19.8 Å². The smallest absolute Gasteiger partial charge is 0.211 e. The van der Waals surface area contributed by atoms with E-state index in [9.17, 15) is 8.42 Å². The zero-order chi connectivity index (χ0) is 14.4. The van der Waals surface area contributed by atoms with E-state index in [1.807, 2.05) is 36.0 Å². The van der Waals surface area contributed by atoms with Gasteiger partial charge in [-0.05, 0) is 23.9 Å². The van der Waals surface area contributed by atoms with Crippen molar-refractivity contribution in [3.05, 3.63) is 29.1 Å². The quantitative estimate of drug-likeness (QED) is 0.813. The highest BCUT2D eigenvalue weighted by molar-refractivity contribution is 7.89. The van der Waals surface area contributed by atoms with E-state index < -0.39 is 10.0 Å². The number of rotatable bonds is 8. The summed E-state index contributed by atoms with van der Waals surface area (Å²) in [6, 6.07) is 3.96. The average Bonchev–Trinajstić information content (AvgIpc) is 3.06. The van der Waals surface area contributed by atoms with Crippen LogP contribution >= 0.6 is 11.3 Å². The Balaban J connectivity index is 1.83. The number of unbranched alkanes of at least 4 members (excludes halogenated alkanes) is 1. The van der Waals surface area contributed by atoms with Gasteiger partial charge in [0.15, 0.2) is 0 Å². The molecule has 20 heavy (non-hydrogen) atoms. The largest absolute Gasteiger partial charge is 0.271 e. The van der Waals surface area contributed by atoms with Gasteiger partial charge in [0.05, 0.1) is 18.0 Å². The van der Waals surface area contributed by atoms with Crippen LogP contribution in [0.5, 0.6) is 0 Å². The third-order valence-corrected chi connectivity index (χ3v) is 5.04. The molecule has 2 heterocycles. The van der Waals surface area contributed by atoms with Gasteiger partial charge in [-0.1, -0.05) is 13.3 Å². The van der Waals surface area contributed by atoms with E-state index in [-0.39, 0.29) is 5.75 Å². The van der Waals surface area contributed by atoms with Crippen LogP contribution in [0.4, 0.5) is 0 Å². The molecule has 110 valence electrons. The normalized spacial score (nSPS) is 11.8. The molecular formula is C13H19N3O2S2. The van der Waals surface area contributed by atoms with Crippen molar-refractivity contribution in [3.63, 3.8) is 0 Å². The van der Waals surface area contributed by atoms with Gasteiger partial charge in [-0.15, -0.1) is 0 Å². The molecule has 0 radical (unpaired) electrons. The van der Waals surface area contributed by atoms with Gasteiger partial charge < -0.3 is 0 Å². The Kier molecular flexibility index (Phi) is 5.33.